The smallest absolute Gasteiger partial charge is 0.550 e. The van der Waals surface area contributed by atoms with Gasteiger partial charge in [0.1, 0.15) is 0 Å². The van der Waals surface area contributed by atoms with Gasteiger partial charge in [0, 0.05) is 22.7 Å². The van der Waals surface area contributed by atoms with Crippen molar-refractivity contribution in [3.63, 3.8) is 0 Å². The molecule has 3 fully saturated rings. The van der Waals surface area contributed by atoms with Crippen molar-refractivity contribution < 1.29 is 64.0 Å². The fourth-order valence-corrected chi connectivity index (χ4v) is 7.53. The van der Waals surface area contributed by atoms with E-state index in [4.69, 9.17) is 4.74 Å². The van der Waals surface area contributed by atoms with E-state index in [2.05, 4.69) is 0 Å². The predicted molar refractivity (Wildman–Crippen MR) is 108 cm³/mol. The fourth-order valence-electron chi connectivity index (χ4n) is 7.53. The van der Waals surface area contributed by atoms with Crippen LogP contribution < -0.4 is 34.7 Å². The zero-order valence-corrected chi connectivity index (χ0v) is 21.3. The maximum Gasteiger partial charge on any atom is 1.00 e. The molecule has 0 aromatic rings. The zero-order chi connectivity index (χ0) is 22.8. The van der Waals surface area contributed by atoms with Crippen LogP contribution in [0.5, 0.6) is 0 Å². The summed E-state index contributed by atoms with van der Waals surface area (Å²) in [6.45, 7) is 3.93. The molecule has 0 bridgehead atoms. The van der Waals surface area contributed by atoms with Gasteiger partial charge in [0.25, 0.3) is 0 Å². The average molecular weight is 454 g/mol. The first-order chi connectivity index (χ1) is 14.5. The number of ketones is 1. The Bertz CT molecular complexity index is 882. The van der Waals surface area contributed by atoms with Crippen molar-refractivity contribution in [1.82, 2.24) is 0 Å². The van der Waals surface area contributed by atoms with E-state index in [1.165, 1.54) is 13.2 Å². The molecule has 3 unspecified atom stereocenters. The van der Waals surface area contributed by atoms with Gasteiger partial charge >= 0.3 is 35.5 Å². The van der Waals surface area contributed by atoms with E-state index in [9.17, 15) is 29.7 Å². The second-order valence-electron chi connectivity index (χ2n) is 10.4. The number of esters is 1. The molecule has 32 heavy (non-hydrogen) atoms. The first-order valence-corrected chi connectivity index (χ1v) is 11.1. The minimum atomic E-state index is -1.25. The van der Waals surface area contributed by atoms with Crippen molar-refractivity contribution in [2.45, 2.75) is 64.1 Å². The first-order valence-electron chi connectivity index (χ1n) is 11.1. The number of fused-ring (bicyclic) bond motifs is 5. The number of carboxylic acid groups (broad SMARTS) is 1. The number of carbonyl (C=O) groups is 3. The van der Waals surface area contributed by atoms with Gasteiger partial charge in [-0.05, 0) is 62.5 Å². The molecule has 8 heteroatoms. The van der Waals surface area contributed by atoms with Gasteiger partial charge in [-0.15, -0.1) is 0 Å². The minimum Gasteiger partial charge on any atom is -0.550 e. The number of hydrogen-bond donors (Lipinski definition) is 2. The third-order valence-corrected chi connectivity index (χ3v) is 9.12. The number of rotatable bonds is 4. The van der Waals surface area contributed by atoms with Gasteiger partial charge in [0.05, 0.1) is 24.7 Å². The standard InChI is InChI=1S/C24H32O7.Na/c1-22-7-4-14(25)10-13(22)11-15(21(29)31-3)19-16-5-8-24(30,9-6-18(27)28)23(16,2)12-17(26)20(19)22;/h4,7,10,15-17,19-20,26,30H,5-6,8-9,11-12H2,1-3H3,(H,27,28);/q;+1/p-1/t15-,16?,17-,19?,20?,22+,23+,24-;/m1./s1. The normalized spacial score (nSPS) is 44.5. The van der Waals surface area contributed by atoms with Crippen LogP contribution in [0.25, 0.3) is 0 Å². The maximum absolute atomic E-state index is 12.9. The molecule has 3 saturated carbocycles. The Morgan fingerprint density at radius 2 is 2.00 bits per heavy atom. The monoisotopic (exact) mass is 454 g/mol. The number of carboxylic acids is 1. The minimum absolute atomic E-state index is 0. The number of ether oxygens (including phenoxy) is 1. The second kappa shape index (κ2) is 8.66. The molecule has 7 nitrogen and oxygen atoms in total. The number of aliphatic carboxylic acids is 1. The van der Waals surface area contributed by atoms with Crippen LogP contribution in [-0.4, -0.2) is 46.7 Å². The van der Waals surface area contributed by atoms with E-state index in [-0.39, 0.29) is 71.9 Å². The topological polar surface area (TPSA) is 124 Å². The Labute approximate surface area is 210 Å². The van der Waals surface area contributed by atoms with E-state index < -0.39 is 34.4 Å². The molecule has 0 aromatic heterocycles. The van der Waals surface area contributed by atoms with Gasteiger partial charge in [-0.3, -0.25) is 9.59 Å². The van der Waals surface area contributed by atoms with Crippen LogP contribution in [0.15, 0.2) is 23.8 Å². The van der Waals surface area contributed by atoms with Gasteiger partial charge in [0.2, 0.25) is 0 Å². The molecule has 4 aliphatic carbocycles. The summed E-state index contributed by atoms with van der Waals surface area (Å²) in [5, 5.41) is 34.0. The Kier molecular flexibility index (Phi) is 6.93. The van der Waals surface area contributed by atoms with Crippen LogP contribution in [0.3, 0.4) is 0 Å². The second-order valence-corrected chi connectivity index (χ2v) is 10.4. The largest absolute Gasteiger partial charge is 1.00 e. The van der Waals surface area contributed by atoms with Crippen LogP contribution in [0.2, 0.25) is 0 Å². The predicted octanol–water partition coefficient (Wildman–Crippen LogP) is -2.07. The van der Waals surface area contributed by atoms with Gasteiger partial charge in [-0.2, -0.15) is 0 Å². The maximum atomic E-state index is 12.9. The number of allylic oxidation sites excluding steroid dienone is 4. The van der Waals surface area contributed by atoms with Gasteiger partial charge in [-0.25, -0.2) is 0 Å². The number of hydrogen-bond acceptors (Lipinski definition) is 7. The van der Waals surface area contributed by atoms with Crippen LogP contribution in [0.1, 0.15) is 52.4 Å². The summed E-state index contributed by atoms with van der Waals surface area (Å²) in [6, 6.07) is 0. The van der Waals surface area contributed by atoms with Crippen molar-refractivity contribution >= 4 is 17.7 Å². The van der Waals surface area contributed by atoms with Gasteiger partial charge in [-0.1, -0.05) is 25.5 Å². The van der Waals surface area contributed by atoms with Gasteiger partial charge in [0.15, 0.2) is 5.78 Å². The Morgan fingerprint density at radius 3 is 2.62 bits per heavy atom. The fraction of sp³-hybridized carbons (Fsp3) is 0.708. The van der Waals surface area contributed by atoms with Crippen LogP contribution in [0.4, 0.5) is 0 Å². The van der Waals surface area contributed by atoms with Crippen molar-refractivity contribution in [1.29, 1.82) is 0 Å². The Hall–Kier alpha value is -0.990. The zero-order valence-electron chi connectivity index (χ0n) is 19.3. The summed E-state index contributed by atoms with van der Waals surface area (Å²) < 4.78 is 5.13. The van der Waals surface area contributed by atoms with Gasteiger partial charge < -0.3 is 24.9 Å². The van der Waals surface area contributed by atoms with E-state index in [1.807, 2.05) is 19.9 Å². The number of methoxy groups -OCH3 is 1. The van der Waals surface area contributed by atoms with E-state index >= 15 is 0 Å². The molecule has 4 aliphatic rings. The first kappa shape index (κ1) is 25.6. The van der Waals surface area contributed by atoms with Crippen molar-refractivity contribution in [3.05, 3.63) is 23.8 Å². The molecule has 0 aromatic carbocycles. The Morgan fingerprint density at radius 1 is 1.31 bits per heavy atom. The third kappa shape index (κ3) is 3.65. The molecule has 170 valence electrons. The molecule has 2 N–H and O–H groups in total. The average Bonchev–Trinajstić information content (AvgIpc) is 2.96. The number of aliphatic hydroxyl groups excluding tert-OH is 1. The van der Waals surface area contributed by atoms with E-state index in [1.54, 1.807) is 6.08 Å². The summed E-state index contributed by atoms with van der Waals surface area (Å²) in [5.41, 5.74) is -1.71. The number of aliphatic hydroxyl groups is 2. The van der Waals surface area contributed by atoms with E-state index in [0.29, 0.717) is 25.7 Å². The molecule has 0 aliphatic heterocycles. The summed E-state index contributed by atoms with van der Waals surface area (Å²) in [7, 11) is 1.34. The molecule has 0 amide bonds. The van der Waals surface area contributed by atoms with Crippen molar-refractivity contribution in [2.24, 2.45) is 34.5 Å². The molecule has 0 spiro atoms. The molecule has 0 radical (unpaired) electrons. The molecule has 4 rings (SSSR count). The molecule has 8 atom stereocenters. The number of carbonyl (C=O) groups excluding carboxylic acids is 3. The quantitative estimate of drug-likeness (QED) is 0.369. The SMILES string of the molecule is COC(=O)[C@@H]1CC2=CC(=O)C=C[C@]2(C)C2C1C1CC[C@@](O)(CCC(=O)[O-])[C@@]1(C)C[C@H]2O.[Na+]. The molecule has 0 heterocycles. The Balaban J connectivity index is 0.00000289. The van der Waals surface area contributed by atoms with E-state index in [0.717, 1.165) is 5.57 Å². The summed E-state index contributed by atoms with van der Waals surface area (Å²) in [5.74, 6) is -2.87. The van der Waals surface area contributed by atoms with Crippen LogP contribution in [0, 0.1) is 34.5 Å². The molecule has 0 saturated heterocycles. The summed E-state index contributed by atoms with van der Waals surface area (Å²) in [4.78, 5) is 36.0. The van der Waals surface area contributed by atoms with Crippen LogP contribution >= 0.6 is 0 Å². The summed E-state index contributed by atoms with van der Waals surface area (Å²) >= 11 is 0. The van der Waals surface area contributed by atoms with Crippen LogP contribution in [-0.2, 0) is 19.1 Å². The molecular formula is C24H31NaO7. The van der Waals surface area contributed by atoms with Crippen molar-refractivity contribution in [3.8, 4) is 0 Å². The summed E-state index contributed by atoms with van der Waals surface area (Å²) in [6.07, 6.45) is 5.69. The third-order valence-electron chi connectivity index (χ3n) is 9.12. The molecular weight excluding hydrogens is 423 g/mol. The van der Waals surface area contributed by atoms with Crippen molar-refractivity contribution in [2.75, 3.05) is 7.11 Å².